The van der Waals surface area contributed by atoms with Crippen LogP contribution in [0.5, 0.6) is 0 Å². The number of hydrogen-bond donors (Lipinski definition) is 5. The van der Waals surface area contributed by atoms with Crippen molar-refractivity contribution in [2.45, 2.75) is 18.3 Å². The molecule has 0 saturated carbocycles. The first kappa shape index (κ1) is 16.2. The number of ketones is 1. The Kier molecular flexibility index (Phi) is 10.0. The van der Waals surface area contributed by atoms with Gasteiger partial charge in [-0.2, -0.15) is 0 Å². The van der Waals surface area contributed by atoms with E-state index in [4.69, 9.17) is 25.5 Å². The molecule has 76 valence electrons. The number of carbonyl (C=O) groups is 1. The van der Waals surface area contributed by atoms with Crippen LogP contribution in [0.2, 0.25) is 0 Å². The fourth-order valence-corrected chi connectivity index (χ4v) is 0.602. The van der Waals surface area contributed by atoms with Gasteiger partial charge < -0.3 is 28.4 Å². The van der Waals surface area contributed by atoms with Gasteiger partial charge in [0, 0.05) is 0 Å². The summed E-state index contributed by atoms with van der Waals surface area (Å²) in [4.78, 5) is 10.5. The molecule has 0 aromatic carbocycles. The maximum atomic E-state index is 10.5. The Morgan fingerprint density at radius 2 is 1.69 bits per heavy atom. The summed E-state index contributed by atoms with van der Waals surface area (Å²) in [5.74, 6) is -1.00. The second-order valence-corrected chi connectivity index (χ2v) is 2.31. The van der Waals surface area contributed by atoms with E-state index in [9.17, 15) is 4.79 Å². The van der Waals surface area contributed by atoms with Crippen LogP contribution in [0.3, 0.4) is 0 Å². The van der Waals surface area contributed by atoms with Crippen LogP contribution in [0.4, 0.5) is 0 Å². The molecule has 13 heavy (non-hydrogen) atoms. The monoisotopic (exact) mass is 222 g/mol. The summed E-state index contributed by atoms with van der Waals surface area (Å²) in [6.45, 7) is -1.69. The quantitative estimate of drug-likeness (QED) is 0.308. The first-order valence-corrected chi connectivity index (χ1v) is 3.33. The van der Waals surface area contributed by atoms with Crippen molar-refractivity contribution in [1.82, 2.24) is 0 Å². The third-order valence-electron chi connectivity index (χ3n) is 1.39. The average molecular weight is 222 g/mol. The number of carbonyl (C=O) groups excluding carboxylic acids is 1. The molecule has 7 heteroatoms. The summed E-state index contributed by atoms with van der Waals surface area (Å²) in [5, 5.41) is 43.1. The molecule has 0 aliphatic heterocycles. The molecule has 0 saturated heterocycles. The topological polar surface area (TPSA) is 118 Å². The zero-order chi connectivity index (χ0) is 9.72. The Labute approximate surface area is 108 Å². The zero-order valence-corrected chi connectivity index (χ0v) is 9.21. The van der Waals surface area contributed by atoms with E-state index in [1.54, 1.807) is 0 Å². The molecule has 6 nitrogen and oxygen atoms in total. The van der Waals surface area contributed by atoms with Crippen molar-refractivity contribution in [1.29, 1.82) is 0 Å². The number of hydrogen-bond acceptors (Lipinski definition) is 6. The molecule has 0 rings (SSSR count). The van der Waals surface area contributed by atoms with Crippen LogP contribution in [-0.2, 0) is 4.79 Å². The number of aliphatic hydroxyl groups is 5. The third-order valence-corrected chi connectivity index (χ3v) is 1.39. The SMILES string of the molecule is O=C(CO)[C@H](O)[C@@H](O)[C@H](O)CO.[Ca+2].[H-].[H-]. The van der Waals surface area contributed by atoms with Crippen LogP contribution in [0.1, 0.15) is 2.85 Å². The minimum atomic E-state index is -1.86. The van der Waals surface area contributed by atoms with Gasteiger partial charge in [-0.05, 0) is 0 Å². The largest absolute Gasteiger partial charge is 2.00 e. The molecule has 0 bridgehead atoms. The first-order valence-electron chi connectivity index (χ1n) is 3.33. The van der Waals surface area contributed by atoms with Gasteiger partial charge in [0.2, 0.25) is 0 Å². The van der Waals surface area contributed by atoms with E-state index in [0.717, 1.165) is 0 Å². The summed E-state index contributed by atoms with van der Waals surface area (Å²) >= 11 is 0. The summed E-state index contributed by atoms with van der Waals surface area (Å²) in [6, 6.07) is 0. The van der Waals surface area contributed by atoms with Crippen molar-refractivity contribution >= 4 is 43.5 Å². The molecule has 0 heterocycles. The Balaban J connectivity index is -0.000000202. The molecule has 0 aliphatic carbocycles. The van der Waals surface area contributed by atoms with Crippen molar-refractivity contribution in [2.24, 2.45) is 0 Å². The standard InChI is InChI=1S/C6H12O6.Ca.2H/c7-1-3(9)5(11)6(12)4(10)2-8;;;/h3,5-9,11-12H,1-2H2;;;/q;+2;2*-1/t3-,5+,6+;;;/m1.../s1. The van der Waals surface area contributed by atoms with E-state index in [1.807, 2.05) is 0 Å². The van der Waals surface area contributed by atoms with Gasteiger partial charge in [-0.1, -0.05) is 0 Å². The van der Waals surface area contributed by atoms with Crippen LogP contribution in [-0.4, -0.2) is 101 Å². The Bertz CT molecular complexity index is 161. The second-order valence-electron chi connectivity index (χ2n) is 2.31. The minimum absolute atomic E-state index is 0. The molecule has 0 radical (unpaired) electrons. The van der Waals surface area contributed by atoms with E-state index in [1.165, 1.54) is 0 Å². The van der Waals surface area contributed by atoms with Crippen LogP contribution in [0.15, 0.2) is 0 Å². The van der Waals surface area contributed by atoms with Crippen molar-refractivity contribution < 1.29 is 33.2 Å². The molecule has 0 amide bonds. The van der Waals surface area contributed by atoms with Gasteiger partial charge in [0.05, 0.1) is 6.61 Å². The Hall–Kier alpha value is 0.730. The van der Waals surface area contributed by atoms with Crippen molar-refractivity contribution in [3.05, 3.63) is 0 Å². The number of aliphatic hydroxyl groups excluding tert-OH is 5. The molecule has 0 aliphatic rings. The number of Topliss-reactive ketones (excluding diaryl/α,β-unsaturated/α-hetero) is 1. The summed E-state index contributed by atoms with van der Waals surface area (Å²) < 4.78 is 0. The average Bonchev–Trinajstić information content (AvgIpc) is 2.12. The first-order chi connectivity index (χ1) is 5.54. The van der Waals surface area contributed by atoms with Gasteiger partial charge >= 0.3 is 37.7 Å². The molecule has 3 atom stereocenters. The van der Waals surface area contributed by atoms with Crippen molar-refractivity contribution in [2.75, 3.05) is 13.2 Å². The Morgan fingerprint density at radius 1 is 1.23 bits per heavy atom. The van der Waals surface area contributed by atoms with E-state index in [0.29, 0.717) is 0 Å². The summed E-state index contributed by atoms with van der Waals surface area (Å²) in [5.41, 5.74) is 0. The van der Waals surface area contributed by atoms with Gasteiger partial charge in [-0.3, -0.25) is 4.79 Å². The van der Waals surface area contributed by atoms with Crippen molar-refractivity contribution in [3.63, 3.8) is 0 Å². The predicted molar refractivity (Wildman–Crippen MR) is 45.2 cm³/mol. The van der Waals surface area contributed by atoms with E-state index < -0.39 is 37.3 Å². The summed E-state index contributed by atoms with van der Waals surface area (Å²) in [7, 11) is 0. The predicted octanol–water partition coefficient (Wildman–Crippen LogP) is -3.53. The molecule has 0 aromatic rings. The summed E-state index contributed by atoms with van der Waals surface area (Å²) in [6.07, 6.45) is -5.22. The molecular weight excluding hydrogens is 208 g/mol. The molecule has 0 aromatic heterocycles. The van der Waals surface area contributed by atoms with Crippen LogP contribution in [0.25, 0.3) is 0 Å². The van der Waals surface area contributed by atoms with E-state index >= 15 is 0 Å². The smallest absolute Gasteiger partial charge is 1.00 e. The molecule has 0 unspecified atom stereocenters. The Morgan fingerprint density at radius 3 is 2.00 bits per heavy atom. The number of rotatable bonds is 5. The fraction of sp³-hybridized carbons (Fsp3) is 0.833. The van der Waals surface area contributed by atoms with E-state index in [2.05, 4.69) is 0 Å². The molecule has 5 N–H and O–H groups in total. The van der Waals surface area contributed by atoms with Crippen LogP contribution in [0, 0.1) is 0 Å². The van der Waals surface area contributed by atoms with Gasteiger partial charge in [0.15, 0.2) is 5.78 Å². The van der Waals surface area contributed by atoms with Gasteiger partial charge in [-0.15, -0.1) is 0 Å². The van der Waals surface area contributed by atoms with Gasteiger partial charge in [0.1, 0.15) is 24.9 Å². The zero-order valence-electron chi connectivity index (χ0n) is 9.00. The van der Waals surface area contributed by atoms with Crippen molar-refractivity contribution in [3.8, 4) is 0 Å². The molecule has 0 spiro atoms. The van der Waals surface area contributed by atoms with E-state index in [-0.39, 0.29) is 40.6 Å². The molecular formula is C6H14CaO6. The third kappa shape index (κ3) is 5.24. The maximum absolute atomic E-state index is 10.5. The fourth-order valence-electron chi connectivity index (χ4n) is 0.602. The van der Waals surface area contributed by atoms with Gasteiger partial charge in [0.25, 0.3) is 0 Å². The minimum Gasteiger partial charge on any atom is -1.00 e. The normalized spacial score (nSPS) is 17.0. The van der Waals surface area contributed by atoms with Crippen LogP contribution < -0.4 is 0 Å². The van der Waals surface area contributed by atoms with Gasteiger partial charge in [-0.25, -0.2) is 0 Å². The molecule has 0 fully saturated rings. The maximum Gasteiger partial charge on any atom is 2.00 e. The van der Waals surface area contributed by atoms with Crippen LogP contribution >= 0.6 is 0 Å². The second kappa shape index (κ2) is 8.07.